The standard InChI is InChI=1S/C29H40N4/c1-19(2)22(5)16-26(30-7)27-17-28(24-10-11-24)33-18-25(15-23(6)29(33)31-27)32-13-8-9-20(3)21(4)12-14-32/h15-18,20-21H,1,8-14H2,2-7H3/b22-16+,30-26+. The molecular formula is C29H40N4. The third-order valence-electron chi connectivity index (χ3n) is 7.64. The van der Waals surface area contributed by atoms with Crippen molar-refractivity contribution in [2.45, 2.75) is 66.7 Å². The second kappa shape index (κ2) is 9.70. The number of nitrogens with zero attached hydrogens (tertiary/aromatic N) is 4. The fraction of sp³-hybridized carbons (Fsp3) is 0.517. The summed E-state index contributed by atoms with van der Waals surface area (Å²) in [6, 6.07) is 0. The zero-order valence-electron chi connectivity index (χ0n) is 21.4. The Labute approximate surface area is 200 Å². The van der Waals surface area contributed by atoms with Crippen molar-refractivity contribution in [2.24, 2.45) is 21.8 Å². The van der Waals surface area contributed by atoms with Gasteiger partial charge in [-0.3, -0.25) is 9.89 Å². The Morgan fingerprint density at radius 1 is 1.12 bits per heavy atom. The van der Waals surface area contributed by atoms with E-state index in [1.165, 1.54) is 54.6 Å². The highest BCUT2D eigenvalue weighted by molar-refractivity contribution is 6.13. The van der Waals surface area contributed by atoms with E-state index >= 15 is 0 Å². The molecule has 4 heteroatoms. The molecule has 0 N–H and O–H groups in total. The molecular weight excluding hydrogens is 404 g/mol. The fourth-order valence-electron chi connectivity index (χ4n) is 4.76. The van der Waals surface area contributed by atoms with E-state index in [4.69, 9.17) is 4.99 Å². The van der Waals surface area contributed by atoms with Crippen LogP contribution in [0.1, 0.15) is 66.7 Å². The van der Waals surface area contributed by atoms with Crippen molar-refractivity contribution < 1.29 is 0 Å². The van der Waals surface area contributed by atoms with Crippen molar-refractivity contribution in [2.75, 3.05) is 20.1 Å². The molecule has 0 amide bonds. The van der Waals surface area contributed by atoms with Crippen molar-refractivity contribution in [3.05, 3.63) is 70.4 Å². The van der Waals surface area contributed by atoms with Crippen LogP contribution in [0.3, 0.4) is 0 Å². The lowest BCUT2D eigenvalue weighted by Crippen LogP contribution is -2.37. The number of amidine groups is 1. The fourth-order valence-corrected chi connectivity index (χ4v) is 4.76. The van der Waals surface area contributed by atoms with Gasteiger partial charge < -0.3 is 4.90 Å². The lowest BCUT2D eigenvalue weighted by molar-refractivity contribution is 0.229. The summed E-state index contributed by atoms with van der Waals surface area (Å²) in [6.07, 6.45) is 15.2. The van der Waals surface area contributed by atoms with Gasteiger partial charge in [0.15, 0.2) is 0 Å². The first-order valence-electron chi connectivity index (χ1n) is 12.6. The summed E-state index contributed by atoms with van der Waals surface area (Å²) >= 11 is 0. The van der Waals surface area contributed by atoms with Gasteiger partial charge in [0.1, 0.15) is 5.84 Å². The van der Waals surface area contributed by atoms with Crippen LogP contribution < -0.4 is 0 Å². The largest absolute Gasteiger partial charge is 0.370 e. The van der Waals surface area contributed by atoms with Gasteiger partial charge in [-0.2, -0.15) is 0 Å². The highest BCUT2D eigenvalue weighted by Gasteiger charge is 2.31. The number of hydrogen-bond donors (Lipinski definition) is 0. The second-order valence-electron chi connectivity index (χ2n) is 10.3. The molecule has 2 unspecified atom stereocenters. The van der Waals surface area contributed by atoms with Crippen molar-refractivity contribution >= 4 is 11.5 Å². The molecule has 4 rings (SSSR count). The Morgan fingerprint density at radius 2 is 1.85 bits per heavy atom. The van der Waals surface area contributed by atoms with Gasteiger partial charge in [-0.05, 0) is 99.7 Å². The van der Waals surface area contributed by atoms with E-state index in [9.17, 15) is 0 Å². The molecule has 2 atom stereocenters. The van der Waals surface area contributed by atoms with Crippen molar-refractivity contribution in [1.82, 2.24) is 9.80 Å². The molecule has 4 aliphatic rings. The molecule has 1 aliphatic carbocycles. The third-order valence-corrected chi connectivity index (χ3v) is 7.64. The molecule has 2 fully saturated rings. The lowest BCUT2D eigenvalue weighted by Gasteiger charge is -2.37. The van der Waals surface area contributed by atoms with Gasteiger partial charge in [-0.15, -0.1) is 0 Å². The van der Waals surface area contributed by atoms with E-state index < -0.39 is 0 Å². The molecule has 176 valence electrons. The minimum atomic E-state index is 0.784. The van der Waals surface area contributed by atoms with E-state index in [-0.39, 0.29) is 0 Å². The van der Waals surface area contributed by atoms with E-state index in [0.717, 1.165) is 53.3 Å². The lowest BCUT2D eigenvalue weighted by atomic mass is 9.87. The molecule has 0 aromatic rings. The minimum Gasteiger partial charge on any atom is -0.370 e. The average molecular weight is 445 g/mol. The molecule has 3 aliphatic heterocycles. The molecule has 3 heterocycles. The van der Waals surface area contributed by atoms with Crippen LogP contribution in [0.15, 0.2) is 80.4 Å². The van der Waals surface area contributed by atoms with Crippen LogP contribution in [-0.2, 0) is 0 Å². The first-order valence-corrected chi connectivity index (χ1v) is 12.6. The van der Waals surface area contributed by atoms with Crippen LogP contribution in [0, 0.1) is 11.8 Å². The Kier molecular flexibility index (Phi) is 6.92. The Morgan fingerprint density at radius 3 is 2.52 bits per heavy atom. The number of hydrogen-bond acceptors (Lipinski definition) is 4. The second-order valence-corrected chi connectivity index (χ2v) is 10.3. The summed E-state index contributed by atoms with van der Waals surface area (Å²) in [5.41, 5.74) is 9.39. The van der Waals surface area contributed by atoms with Crippen molar-refractivity contribution in [1.29, 1.82) is 0 Å². The zero-order valence-corrected chi connectivity index (χ0v) is 21.4. The van der Waals surface area contributed by atoms with Gasteiger partial charge in [-0.25, -0.2) is 4.99 Å². The monoisotopic (exact) mass is 444 g/mol. The van der Waals surface area contributed by atoms with Crippen molar-refractivity contribution in [3.8, 4) is 0 Å². The maximum atomic E-state index is 5.10. The molecule has 4 nitrogen and oxygen atoms in total. The minimum absolute atomic E-state index is 0.784. The molecule has 0 aromatic heterocycles. The predicted molar refractivity (Wildman–Crippen MR) is 141 cm³/mol. The Balaban J connectivity index is 1.66. The number of fused-ring (bicyclic) bond motifs is 1. The van der Waals surface area contributed by atoms with E-state index in [0.29, 0.717) is 0 Å². The average Bonchev–Trinajstić information content (AvgIpc) is 3.62. The molecule has 0 spiro atoms. The van der Waals surface area contributed by atoms with Gasteiger partial charge in [-0.1, -0.05) is 26.0 Å². The van der Waals surface area contributed by atoms with Crippen LogP contribution in [0.4, 0.5) is 0 Å². The summed E-state index contributed by atoms with van der Waals surface area (Å²) < 4.78 is 0. The number of rotatable bonds is 4. The first-order chi connectivity index (χ1) is 15.8. The third kappa shape index (κ3) is 5.15. The van der Waals surface area contributed by atoms with Crippen LogP contribution >= 0.6 is 0 Å². The van der Waals surface area contributed by atoms with Crippen LogP contribution in [-0.4, -0.2) is 41.5 Å². The highest BCUT2D eigenvalue weighted by Crippen LogP contribution is 2.39. The zero-order chi connectivity index (χ0) is 23.7. The highest BCUT2D eigenvalue weighted by atomic mass is 15.2. The van der Waals surface area contributed by atoms with Gasteiger partial charge >= 0.3 is 0 Å². The quantitative estimate of drug-likeness (QED) is 0.353. The van der Waals surface area contributed by atoms with Crippen LogP contribution in [0.5, 0.6) is 0 Å². The number of likely N-dealkylation sites (tertiary alicyclic amines) is 1. The van der Waals surface area contributed by atoms with E-state index in [2.05, 4.69) is 73.5 Å². The predicted octanol–water partition coefficient (Wildman–Crippen LogP) is 6.78. The van der Waals surface area contributed by atoms with Crippen LogP contribution in [0.25, 0.3) is 0 Å². The first kappa shape index (κ1) is 23.5. The summed E-state index contributed by atoms with van der Waals surface area (Å²) in [5, 5.41) is 0. The number of allylic oxidation sites excluding steroid dienone is 6. The molecule has 1 saturated heterocycles. The van der Waals surface area contributed by atoms with Crippen molar-refractivity contribution in [3.63, 3.8) is 0 Å². The summed E-state index contributed by atoms with van der Waals surface area (Å²) in [7, 11) is 1.85. The Bertz CT molecular complexity index is 1040. The van der Waals surface area contributed by atoms with Gasteiger partial charge in [0.2, 0.25) is 0 Å². The van der Waals surface area contributed by atoms with E-state index in [1.54, 1.807) is 0 Å². The summed E-state index contributed by atoms with van der Waals surface area (Å²) in [4.78, 5) is 14.6. The van der Waals surface area contributed by atoms with Gasteiger partial charge in [0.25, 0.3) is 0 Å². The Hall–Kier alpha value is -2.62. The van der Waals surface area contributed by atoms with E-state index in [1.807, 2.05) is 14.0 Å². The molecule has 0 aromatic carbocycles. The van der Waals surface area contributed by atoms with Gasteiger partial charge in [0, 0.05) is 32.0 Å². The topological polar surface area (TPSA) is 31.2 Å². The molecule has 1 saturated carbocycles. The van der Waals surface area contributed by atoms with Gasteiger partial charge in [0.05, 0.1) is 17.1 Å². The summed E-state index contributed by atoms with van der Waals surface area (Å²) in [5.74, 6) is 2.64. The number of aliphatic imine (C=N–C) groups is 2. The summed E-state index contributed by atoms with van der Waals surface area (Å²) in [6.45, 7) is 17.5. The molecule has 0 radical (unpaired) electrons. The van der Waals surface area contributed by atoms with Crippen LogP contribution in [0.2, 0.25) is 0 Å². The maximum absolute atomic E-state index is 5.10. The molecule has 33 heavy (non-hydrogen) atoms. The SMILES string of the molecule is C=C(C)/C(C)=C/C(=N\C)C1=CC(=C2CC2)N2C=C(N3CCCC(C)C(C)CC3)C=C(C)C2=N1. The normalized spacial score (nSPS) is 26.6. The maximum Gasteiger partial charge on any atom is 0.140 e. The molecule has 0 bridgehead atoms. The smallest absolute Gasteiger partial charge is 0.140 e.